The molecule has 0 saturated heterocycles. The molecule has 0 aliphatic carbocycles. The van der Waals surface area contributed by atoms with E-state index in [0.717, 1.165) is 4.57 Å². The van der Waals surface area contributed by atoms with Crippen LogP contribution in [0, 0.1) is 11.3 Å². The van der Waals surface area contributed by atoms with Crippen molar-refractivity contribution in [2.75, 3.05) is 6.61 Å². The average molecular weight is 235 g/mol. The molecule has 7 nitrogen and oxygen atoms in total. The lowest BCUT2D eigenvalue weighted by molar-refractivity contribution is -0.0126. The lowest BCUT2D eigenvalue weighted by atomic mass is 10.2. The van der Waals surface area contributed by atoms with Crippen molar-refractivity contribution in [3.05, 3.63) is 44.8 Å². The predicted molar refractivity (Wildman–Crippen MR) is 56.0 cm³/mol. The normalized spacial score (nSPS) is 23.2. The van der Waals surface area contributed by atoms with E-state index in [1.54, 1.807) is 0 Å². The van der Waals surface area contributed by atoms with Gasteiger partial charge in [0.2, 0.25) is 0 Å². The highest BCUT2D eigenvalue weighted by molar-refractivity contribution is 5.29. The standard InChI is InChI=1S/C10H9N3O4/c11-4-6-3-9(17-7(6)5-14)13-2-1-8(15)12-10(13)16/h1-3,7,9,14H,5H2,(H,12,15,16)/t7-,9-/m0/s1. The fourth-order valence-corrected chi connectivity index (χ4v) is 1.57. The predicted octanol–water partition coefficient (Wildman–Crippen LogP) is -1.12. The van der Waals surface area contributed by atoms with Gasteiger partial charge in [0.25, 0.3) is 5.56 Å². The van der Waals surface area contributed by atoms with Crippen LogP contribution in [0.4, 0.5) is 0 Å². The smallest absolute Gasteiger partial charge is 0.330 e. The topological polar surface area (TPSA) is 108 Å². The molecular weight excluding hydrogens is 226 g/mol. The molecule has 0 saturated carbocycles. The van der Waals surface area contributed by atoms with Crippen LogP contribution in [0.25, 0.3) is 0 Å². The lowest BCUT2D eigenvalue weighted by Crippen LogP contribution is -2.32. The largest absolute Gasteiger partial charge is 0.393 e. The number of nitriles is 1. The zero-order chi connectivity index (χ0) is 12.4. The second-order valence-electron chi connectivity index (χ2n) is 3.45. The van der Waals surface area contributed by atoms with E-state index < -0.39 is 23.6 Å². The molecule has 0 amide bonds. The average Bonchev–Trinajstić information content (AvgIpc) is 2.72. The molecule has 0 bridgehead atoms. The fraction of sp³-hybridized carbons (Fsp3) is 0.300. The number of aliphatic hydroxyl groups excluding tert-OH is 1. The SMILES string of the molecule is N#CC1=C[C@@H](n2ccc(=O)[nH]c2=O)O[C@H]1CO. The molecule has 1 aliphatic rings. The molecule has 0 spiro atoms. The van der Waals surface area contributed by atoms with Gasteiger partial charge in [-0.1, -0.05) is 0 Å². The first-order valence-corrected chi connectivity index (χ1v) is 4.85. The molecule has 0 unspecified atom stereocenters. The van der Waals surface area contributed by atoms with Crippen molar-refractivity contribution in [3.8, 4) is 6.07 Å². The van der Waals surface area contributed by atoms with Crippen molar-refractivity contribution >= 4 is 0 Å². The maximum absolute atomic E-state index is 11.5. The Morgan fingerprint density at radius 3 is 2.88 bits per heavy atom. The van der Waals surface area contributed by atoms with Crippen LogP contribution in [0.2, 0.25) is 0 Å². The number of rotatable bonds is 2. The molecule has 2 heterocycles. The van der Waals surface area contributed by atoms with E-state index in [1.807, 2.05) is 6.07 Å². The molecular formula is C10H9N3O4. The fourth-order valence-electron chi connectivity index (χ4n) is 1.57. The van der Waals surface area contributed by atoms with Gasteiger partial charge in [-0.2, -0.15) is 5.26 Å². The second-order valence-corrected chi connectivity index (χ2v) is 3.45. The van der Waals surface area contributed by atoms with Gasteiger partial charge < -0.3 is 9.84 Å². The number of aromatic amines is 1. The number of H-pyrrole nitrogens is 1. The van der Waals surface area contributed by atoms with Gasteiger partial charge in [0.05, 0.1) is 18.2 Å². The van der Waals surface area contributed by atoms with Crippen LogP contribution >= 0.6 is 0 Å². The van der Waals surface area contributed by atoms with Gasteiger partial charge in [-0.25, -0.2) is 4.79 Å². The number of nitrogens with one attached hydrogen (secondary N) is 1. The lowest BCUT2D eigenvalue weighted by Gasteiger charge is -2.14. The number of ether oxygens (including phenoxy) is 1. The third-order valence-electron chi connectivity index (χ3n) is 2.39. The van der Waals surface area contributed by atoms with Crippen molar-refractivity contribution in [1.29, 1.82) is 5.26 Å². The Bertz CT molecular complexity index is 607. The molecule has 2 rings (SSSR count). The molecule has 0 fully saturated rings. The quantitative estimate of drug-likeness (QED) is 0.674. The molecule has 1 aromatic rings. The summed E-state index contributed by atoms with van der Waals surface area (Å²) in [6.45, 7) is -0.339. The summed E-state index contributed by atoms with van der Waals surface area (Å²) >= 11 is 0. The van der Waals surface area contributed by atoms with Crippen LogP contribution in [0.15, 0.2) is 33.5 Å². The zero-order valence-corrected chi connectivity index (χ0v) is 8.66. The minimum Gasteiger partial charge on any atom is -0.393 e. The Morgan fingerprint density at radius 1 is 1.59 bits per heavy atom. The van der Waals surface area contributed by atoms with Crippen LogP contribution in [-0.2, 0) is 4.74 Å². The highest BCUT2D eigenvalue weighted by atomic mass is 16.5. The molecule has 17 heavy (non-hydrogen) atoms. The van der Waals surface area contributed by atoms with Crippen LogP contribution in [0.3, 0.4) is 0 Å². The molecule has 7 heteroatoms. The first kappa shape index (κ1) is 11.3. The number of hydrogen-bond acceptors (Lipinski definition) is 5. The zero-order valence-electron chi connectivity index (χ0n) is 8.66. The number of nitrogens with zero attached hydrogens (tertiary/aromatic N) is 2. The summed E-state index contributed by atoms with van der Waals surface area (Å²) < 4.78 is 6.43. The van der Waals surface area contributed by atoms with E-state index in [1.165, 1.54) is 18.3 Å². The molecule has 2 atom stereocenters. The van der Waals surface area contributed by atoms with E-state index in [-0.39, 0.29) is 12.2 Å². The number of hydrogen-bond donors (Lipinski definition) is 2. The van der Waals surface area contributed by atoms with Crippen molar-refractivity contribution in [1.82, 2.24) is 9.55 Å². The van der Waals surface area contributed by atoms with Crippen LogP contribution < -0.4 is 11.2 Å². The van der Waals surface area contributed by atoms with Crippen molar-refractivity contribution in [2.45, 2.75) is 12.3 Å². The van der Waals surface area contributed by atoms with Gasteiger partial charge in [0.1, 0.15) is 6.10 Å². The molecule has 2 N–H and O–H groups in total. The van der Waals surface area contributed by atoms with E-state index in [2.05, 4.69) is 4.98 Å². The van der Waals surface area contributed by atoms with Gasteiger partial charge in [0.15, 0.2) is 6.23 Å². The van der Waals surface area contributed by atoms with Crippen LogP contribution in [0.1, 0.15) is 6.23 Å². The summed E-state index contributed by atoms with van der Waals surface area (Å²) in [7, 11) is 0. The van der Waals surface area contributed by atoms with Gasteiger partial charge in [-0.15, -0.1) is 0 Å². The van der Waals surface area contributed by atoms with E-state index in [0.29, 0.717) is 0 Å². The Kier molecular flexibility index (Phi) is 2.91. The third kappa shape index (κ3) is 2.04. The van der Waals surface area contributed by atoms with Gasteiger partial charge in [-0.3, -0.25) is 14.3 Å². The maximum Gasteiger partial charge on any atom is 0.330 e. The van der Waals surface area contributed by atoms with Gasteiger partial charge in [-0.05, 0) is 6.08 Å². The van der Waals surface area contributed by atoms with Gasteiger partial charge >= 0.3 is 5.69 Å². The summed E-state index contributed by atoms with van der Waals surface area (Å²) in [5.41, 5.74) is -0.877. The Labute approximate surface area is 95.2 Å². The summed E-state index contributed by atoms with van der Waals surface area (Å²) in [5.74, 6) is 0. The minimum atomic E-state index is -0.786. The first-order chi connectivity index (χ1) is 8.15. The molecule has 0 aromatic carbocycles. The van der Waals surface area contributed by atoms with E-state index >= 15 is 0 Å². The Balaban J connectivity index is 2.38. The van der Waals surface area contributed by atoms with Crippen LogP contribution in [-0.4, -0.2) is 27.4 Å². The summed E-state index contributed by atoms with van der Waals surface area (Å²) in [6, 6.07) is 3.06. The first-order valence-electron chi connectivity index (χ1n) is 4.85. The summed E-state index contributed by atoms with van der Waals surface area (Å²) in [5, 5.41) is 17.8. The third-order valence-corrected chi connectivity index (χ3v) is 2.39. The van der Waals surface area contributed by atoms with E-state index in [9.17, 15) is 9.59 Å². The van der Waals surface area contributed by atoms with Gasteiger partial charge in [0, 0.05) is 12.3 Å². The minimum absolute atomic E-state index is 0.260. The van der Waals surface area contributed by atoms with Crippen LogP contribution in [0.5, 0.6) is 0 Å². The highest BCUT2D eigenvalue weighted by Crippen LogP contribution is 2.24. The van der Waals surface area contributed by atoms with E-state index in [4.69, 9.17) is 15.1 Å². The van der Waals surface area contributed by atoms with Crippen molar-refractivity contribution in [2.24, 2.45) is 0 Å². The highest BCUT2D eigenvalue weighted by Gasteiger charge is 2.28. The number of aliphatic hydroxyl groups is 1. The molecule has 1 aliphatic heterocycles. The summed E-state index contributed by atoms with van der Waals surface area (Å²) in [6.07, 6.45) is 1.19. The van der Waals surface area contributed by atoms with Crippen molar-refractivity contribution < 1.29 is 9.84 Å². The molecule has 1 aromatic heterocycles. The Hall–Kier alpha value is -2.17. The Morgan fingerprint density at radius 2 is 2.35 bits per heavy atom. The summed E-state index contributed by atoms with van der Waals surface area (Å²) in [4.78, 5) is 24.4. The number of aromatic nitrogens is 2. The maximum atomic E-state index is 11.5. The van der Waals surface area contributed by atoms with Crippen molar-refractivity contribution in [3.63, 3.8) is 0 Å². The molecule has 0 radical (unpaired) electrons. The monoisotopic (exact) mass is 235 g/mol. The molecule has 88 valence electrons. The second kappa shape index (κ2) is 4.37.